The Morgan fingerprint density at radius 3 is 2.46 bits per heavy atom. The summed E-state index contributed by atoms with van der Waals surface area (Å²) in [5, 5.41) is 0. The van der Waals surface area contributed by atoms with Crippen LogP contribution in [0, 0.1) is 0 Å². The zero-order chi connectivity index (χ0) is 20.1. The van der Waals surface area contributed by atoms with Crippen LogP contribution in [0.1, 0.15) is 23.6 Å². The number of amides is 1. The van der Waals surface area contributed by atoms with Crippen molar-refractivity contribution in [2.45, 2.75) is 32.4 Å². The van der Waals surface area contributed by atoms with Crippen LogP contribution in [0.4, 0.5) is 0 Å². The second kappa shape index (κ2) is 8.78. The van der Waals surface area contributed by atoms with E-state index in [0.717, 1.165) is 17.5 Å². The number of ether oxygens (including phenoxy) is 3. The van der Waals surface area contributed by atoms with Gasteiger partial charge in [0.15, 0.2) is 17.6 Å². The smallest absolute Gasteiger partial charge is 0.311 e. The van der Waals surface area contributed by atoms with Crippen molar-refractivity contribution < 1.29 is 23.8 Å². The molecule has 148 valence electrons. The van der Waals surface area contributed by atoms with Crippen LogP contribution in [-0.4, -0.2) is 43.6 Å². The topological polar surface area (TPSA) is 65.1 Å². The summed E-state index contributed by atoms with van der Waals surface area (Å²) in [6.07, 6.45) is 0.0487. The van der Waals surface area contributed by atoms with Crippen LogP contribution in [0.25, 0.3) is 0 Å². The molecule has 0 unspecified atom stereocenters. The lowest BCUT2D eigenvalue weighted by atomic mass is 9.99. The Morgan fingerprint density at radius 1 is 1.04 bits per heavy atom. The van der Waals surface area contributed by atoms with Gasteiger partial charge >= 0.3 is 5.97 Å². The van der Waals surface area contributed by atoms with Gasteiger partial charge in [0.05, 0.1) is 20.6 Å². The van der Waals surface area contributed by atoms with Gasteiger partial charge in [-0.05, 0) is 42.2 Å². The van der Waals surface area contributed by atoms with Gasteiger partial charge < -0.3 is 19.1 Å². The summed E-state index contributed by atoms with van der Waals surface area (Å²) in [5.41, 5.74) is 3.14. The van der Waals surface area contributed by atoms with Crippen molar-refractivity contribution in [3.05, 3.63) is 59.2 Å². The number of benzene rings is 2. The van der Waals surface area contributed by atoms with Gasteiger partial charge in [-0.2, -0.15) is 0 Å². The molecule has 0 radical (unpaired) electrons. The van der Waals surface area contributed by atoms with E-state index >= 15 is 0 Å². The third kappa shape index (κ3) is 4.44. The maximum atomic E-state index is 12.7. The Labute approximate surface area is 165 Å². The van der Waals surface area contributed by atoms with Gasteiger partial charge in [-0.3, -0.25) is 9.59 Å². The van der Waals surface area contributed by atoms with Gasteiger partial charge in [0, 0.05) is 13.1 Å². The van der Waals surface area contributed by atoms with E-state index in [-0.39, 0.29) is 12.3 Å². The maximum Gasteiger partial charge on any atom is 0.311 e. The molecule has 2 aromatic rings. The van der Waals surface area contributed by atoms with Crippen molar-refractivity contribution in [1.29, 1.82) is 0 Å². The Bertz CT molecular complexity index is 864. The van der Waals surface area contributed by atoms with E-state index in [2.05, 4.69) is 6.07 Å². The average molecular weight is 383 g/mol. The molecular formula is C22H25NO5. The maximum absolute atomic E-state index is 12.7. The molecule has 0 N–H and O–H groups in total. The molecule has 1 aliphatic rings. The Morgan fingerprint density at radius 2 is 1.75 bits per heavy atom. The van der Waals surface area contributed by atoms with E-state index in [1.165, 1.54) is 12.7 Å². The van der Waals surface area contributed by atoms with E-state index in [0.29, 0.717) is 24.6 Å². The number of hydrogen-bond donors (Lipinski definition) is 0. The second-order valence-corrected chi connectivity index (χ2v) is 6.78. The molecule has 3 rings (SSSR count). The molecule has 0 saturated heterocycles. The molecule has 1 atom stereocenters. The molecule has 0 spiro atoms. The summed E-state index contributed by atoms with van der Waals surface area (Å²) in [5.74, 6) is 0.512. The van der Waals surface area contributed by atoms with Gasteiger partial charge in [-0.25, -0.2) is 0 Å². The second-order valence-electron chi connectivity index (χ2n) is 6.78. The molecule has 0 saturated carbocycles. The summed E-state index contributed by atoms with van der Waals surface area (Å²) >= 11 is 0. The van der Waals surface area contributed by atoms with E-state index in [1.807, 2.05) is 18.2 Å². The molecule has 6 nitrogen and oxygen atoms in total. The van der Waals surface area contributed by atoms with Crippen molar-refractivity contribution in [2.24, 2.45) is 0 Å². The average Bonchev–Trinajstić information content (AvgIpc) is 2.72. The van der Waals surface area contributed by atoms with Crippen molar-refractivity contribution in [3.8, 4) is 11.5 Å². The first kappa shape index (κ1) is 19.7. The highest BCUT2D eigenvalue weighted by Crippen LogP contribution is 2.28. The van der Waals surface area contributed by atoms with Crippen LogP contribution in [0.2, 0.25) is 0 Å². The molecule has 0 aliphatic carbocycles. The molecule has 1 heterocycles. The van der Waals surface area contributed by atoms with Gasteiger partial charge in [-0.1, -0.05) is 30.3 Å². The number of hydrogen-bond acceptors (Lipinski definition) is 5. The van der Waals surface area contributed by atoms with Crippen molar-refractivity contribution in [1.82, 2.24) is 4.90 Å². The first-order valence-corrected chi connectivity index (χ1v) is 9.27. The minimum Gasteiger partial charge on any atom is -0.493 e. The number of rotatable bonds is 6. The first-order valence-electron chi connectivity index (χ1n) is 9.27. The quantitative estimate of drug-likeness (QED) is 0.718. The van der Waals surface area contributed by atoms with E-state index in [1.54, 1.807) is 37.1 Å². The molecule has 0 bridgehead atoms. The Hall–Kier alpha value is -3.02. The van der Waals surface area contributed by atoms with Gasteiger partial charge in [0.2, 0.25) is 0 Å². The molecular weight excluding hydrogens is 358 g/mol. The van der Waals surface area contributed by atoms with Crippen LogP contribution in [-0.2, 0) is 33.7 Å². The fourth-order valence-electron chi connectivity index (χ4n) is 3.39. The molecule has 0 fully saturated rings. The van der Waals surface area contributed by atoms with Crippen LogP contribution in [0.15, 0.2) is 42.5 Å². The highest BCUT2D eigenvalue weighted by Gasteiger charge is 2.27. The first-order chi connectivity index (χ1) is 13.5. The zero-order valence-electron chi connectivity index (χ0n) is 16.4. The Kier molecular flexibility index (Phi) is 6.19. The number of carbonyl (C=O) groups excluding carboxylic acids is 2. The summed E-state index contributed by atoms with van der Waals surface area (Å²) in [4.78, 5) is 26.7. The predicted molar refractivity (Wildman–Crippen MR) is 104 cm³/mol. The van der Waals surface area contributed by atoms with Gasteiger partial charge in [0.25, 0.3) is 5.91 Å². The van der Waals surface area contributed by atoms with Crippen LogP contribution >= 0.6 is 0 Å². The summed E-state index contributed by atoms with van der Waals surface area (Å²) < 4.78 is 15.8. The monoisotopic (exact) mass is 383 g/mol. The number of nitrogens with zero attached hydrogens (tertiary/aromatic N) is 1. The molecule has 28 heavy (non-hydrogen) atoms. The number of esters is 1. The highest BCUT2D eigenvalue weighted by molar-refractivity contribution is 5.84. The molecule has 1 amide bonds. The lowest BCUT2D eigenvalue weighted by molar-refractivity contribution is -0.159. The van der Waals surface area contributed by atoms with Crippen molar-refractivity contribution in [3.63, 3.8) is 0 Å². The fourth-order valence-corrected chi connectivity index (χ4v) is 3.39. The van der Waals surface area contributed by atoms with E-state index in [9.17, 15) is 9.59 Å². The summed E-state index contributed by atoms with van der Waals surface area (Å²) in [6, 6.07) is 13.3. The van der Waals surface area contributed by atoms with Crippen LogP contribution in [0.3, 0.4) is 0 Å². The summed E-state index contributed by atoms with van der Waals surface area (Å²) in [6.45, 7) is 2.80. The zero-order valence-corrected chi connectivity index (χ0v) is 16.4. The third-order valence-corrected chi connectivity index (χ3v) is 4.89. The van der Waals surface area contributed by atoms with Crippen LogP contribution in [0.5, 0.6) is 11.5 Å². The molecule has 0 aromatic heterocycles. The lowest BCUT2D eigenvalue weighted by Crippen LogP contribution is -2.42. The third-order valence-electron chi connectivity index (χ3n) is 4.89. The number of methoxy groups -OCH3 is 2. The van der Waals surface area contributed by atoms with Gasteiger partial charge in [0.1, 0.15) is 0 Å². The largest absolute Gasteiger partial charge is 0.493 e. The Balaban J connectivity index is 1.58. The molecule has 1 aliphatic heterocycles. The normalized spacial score (nSPS) is 14.0. The van der Waals surface area contributed by atoms with Crippen molar-refractivity contribution in [2.75, 3.05) is 20.8 Å². The van der Waals surface area contributed by atoms with Crippen molar-refractivity contribution >= 4 is 11.9 Å². The van der Waals surface area contributed by atoms with Crippen LogP contribution < -0.4 is 9.47 Å². The van der Waals surface area contributed by atoms with E-state index < -0.39 is 12.1 Å². The van der Waals surface area contributed by atoms with Gasteiger partial charge in [-0.15, -0.1) is 0 Å². The lowest BCUT2D eigenvalue weighted by Gasteiger charge is -2.30. The standard InChI is InChI=1S/C22H25NO5/c1-15(22(25)23-11-10-17-6-4-5-7-18(17)14-23)28-21(24)13-16-8-9-19(26-2)20(12-16)27-3/h4-9,12,15H,10-11,13-14H2,1-3H3/t15-/m0/s1. The highest BCUT2D eigenvalue weighted by atomic mass is 16.5. The SMILES string of the molecule is COc1ccc(CC(=O)O[C@@H](C)C(=O)N2CCc3ccccc3C2)cc1OC. The van der Waals surface area contributed by atoms with E-state index in [4.69, 9.17) is 14.2 Å². The molecule has 6 heteroatoms. The minimum absolute atomic E-state index is 0.0564. The predicted octanol–water partition coefficient (Wildman–Crippen LogP) is 2.76. The number of carbonyl (C=O) groups is 2. The summed E-state index contributed by atoms with van der Waals surface area (Å²) in [7, 11) is 3.09. The number of fused-ring (bicyclic) bond motifs is 1. The minimum atomic E-state index is -0.821. The fraction of sp³-hybridized carbons (Fsp3) is 0.364. The molecule has 2 aromatic carbocycles.